The van der Waals surface area contributed by atoms with Gasteiger partial charge in [0.2, 0.25) is 5.91 Å². The van der Waals surface area contributed by atoms with Crippen LogP contribution in [0, 0.1) is 11.3 Å². The topological polar surface area (TPSA) is 75.0 Å². The monoisotopic (exact) mass is 457 g/mol. The van der Waals surface area contributed by atoms with Crippen LogP contribution in [0.4, 0.5) is 5.00 Å². The van der Waals surface area contributed by atoms with E-state index < -0.39 is 0 Å². The fourth-order valence-electron chi connectivity index (χ4n) is 3.62. The minimum absolute atomic E-state index is 0.0972. The van der Waals surface area contributed by atoms with Crippen LogP contribution in [-0.4, -0.2) is 23.3 Å². The Labute approximate surface area is 188 Å². The zero-order chi connectivity index (χ0) is 20.9. The first-order valence-corrected chi connectivity index (χ1v) is 12.8. The quantitative estimate of drug-likeness (QED) is 0.458. The molecule has 0 aliphatic heterocycles. The molecule has 3 aromatic rings. The van der Waals surface area contributed by atoms with Crippen LogP contribution in [0.3, 0.4) is 0 Å². The number of thioether (sulfide) groups is 1. The van der Waals surface area contributed by atoms with Crippen molar-refractivity contribution in [1.29, 1.82) is 5.26 Å². The summed E-state index contributed by atoms with van der Waals surface area (Å²) in [6.45, 7) is 2.59. The number of ether oxygens (including phenoxy) is 1. The Hall–Kier alpha value is -2.08. The number of thiophene rings is 1. The number of benzene rings is 1. The number of amides is 1. The summed E-state index contributed by atoms with van der Waals surface area (Å²) in [6, 6.07) is 8.18. The number of nitrogens with zero attached hydrogens (tertiary/aromatic N) is 2. The normalized spacial score (nSPS) is 13.9. The van der Waals surface area contributed by atoms with Gasteiger partial charge in [0.25, 0.3) is 0 Å². The summed E-state index contributed by atoms with van der Waals surface area (Å²) in [5.41, 5.74) is 2.73. The number of fused-ring (bicyclic) bond motifs is 2. The zero-order valence-electron chi connectivity index (χ0n) is 16.8. The molecule has 0 saturated heterocycles. The SMILES string of the molecule is CCOc1ccc2nc(SCC(=O)Nc3sc4c(c3C#N)CCCCCC4)sc2c1. The van der Waals surface area contributed by atoms with E-state index in [2.05, 4.69) is 16.4 Å². The van der Waals surface area contributed by atoms with Gasteiger partial charge >= 0.3 is 0 Å². The second kappa shape index (κ2) is 9.82. The van der Waals surface area contributed by atoms with Crippen molar-refractivity contribution < 1.29 is 9.53 Å². The lowest BCUT2D eigenvalue weighted by Crippen LogP contribution is -2.13. The average molecular weight is 458 g/mol. The maximum Gasteiger partial charge on any atom is 0.235 e. The van der Waals surface area contributed by atoms with Crippen molar-refractivity contribution >= 4 is 55.6 Å². The third-order valence-corrected chi connectivity index (χ3v) is 8.38. The van der Waals surface area contributed by atoms with E-state index in [1.54, 1.807) is 22.7 Å². The minimum Gasteiger partial charge on any atom is -0.494 e. The van der Waals surface area contributed by atoms with Crippen LogP contribution in [0.25, 0.3) is 10.2 Å². The molecule has 2 aromatic heterocycles. The number of aromatic nitrogens is 1. The van der Waals surface area contributed by atoms with Gasteiger partial charge in [0.15, 0.2) is 4.34 Å². The summed E-state index contributed by atoms with van der Waals surface area (Å²) >= 11 is 4.56. The molecule has 2 heterocycles. The van der Waals surface area contributed by atoms with E-state index >= 15 is 0 Å². The first-order chi connectivity index (χ1) is 14.7. The highest BCUT2D eigenvalue weighted by Crippen LogP contribution is 2.37. The predicted octanol–water partition coefficient (Wildman–Crippen LogP) is 6.02. The molecule has 8 heteroatoms. The fraction of sp³-hybridized carbons (Fsp3) is 0.409. The maximum absolute atomic E-state index is 12.6. The Morgan fingerprint density at radius 2 is 2.10 bits per heavy atom. The Bertz CT molecular complexity index is 1100. The first kappa shape index (κ1) is 21.2. The number of thiazole rings is 1. The summed E-state index contributed by atoms with van der Waals surface area (Å²) in [4.78, 5) is 18.4. The molecule has 1 aliphatic carbocycles. The minimum atomic E-state index is -0.0972. The van der Waals surface area contributed by atoms with Crippen LogP contribution in [0.15, 0.2) is 22.5 Å². The Balaban J connectivity index is 1.42. The van der Waals surface area contributed by atoms with E-state index in [-0.39, 0.29) is 11.7 Å². The standard InChI is InChI=1S/C22H23N3O2S3/c1-2-27-14-9-10-17-19(11-14)30-22(24-17)28-13-20(26)25-21-16(12-23)15-7-5-3-4-6-8-18(15)29-21/h9-11H,2-8,13H2,1H3,(H,25,26). The highest BCUT2D eigenvalue weighted by molar-refractivity contribution is 8.01. The third-order valence-electron chi connectivity index (χ3n) is 5.01. The summed E-state index contributed by atoms with van der Waals surface area (Å²) in [5, 5.41) is 13.4. The molecule has 1 aliphatic rings. The first-order valence-electron chi connectivity index (χ1n) is 10.2. The number of anilines is 1. The van der Waals surface area contributed by atoms with Crippen molar-refractivity contribution in [2.24, 2.45) is 0 Å². The number of nitriles is 1. The second-order valence-electron chi connectivity index (χ2n) is 7.11. The van der Waals surface area contributed by atoms with Crippen LogP contribution < -0.4 is 10.1 Å². The van der Waals surface area contributed by atoms with E-state index in [0.717, 1.165) is 51.6 Å². The fourth-order valence-corrected chi connectivity index (χ4v) is 6.77. The van der Waals surface area contributed by atoms with Crippen molar-refractivity contribution in [3.63, 3.8) is 0 Å². The Kier molecular flexibility index (Phi) is 6.93. The molecule has 0 unspecified atom stereocenters. The van der Waals surface area contributed by atoms with Crippen molar-refractivity contribution in [2.75, 3.05) is 17.7 Å². The molecule has 0 saturated carbocycles. The van der Waals surface area contributed by atoms with Crippen LogP contribution in [0.1, 0.15) is 48.6 Å². The maximum atomic E-state index is 12.6. The van der Waals surface area contributed by atoms with Crippen LogP contribution in [-0.2, 0) is 17.6 Å². The van der Waals surface area contributed by atoms with Crippen LogP contribution in [0.5, 0.6) is 5.75 Å². The van der Waals surface area contributed by atoms with Crippen molar-refractivity contribution in [3.8, 4) is 11.8 Å². The van der Waals surface area contributed by atoms with Crippen molar-refractivity contribution in [1.82, 2.24) is 4.98 Å². The molecule has 0 bridgehead atoms. The summed E-state index contributed by atoms with van der Waals surface area (Å²) in [6.07, 6.45) is 6.68. The van der Waals surface area contributed by atoms with Gasteiger partial charge in [0.05, 0.1) is 28.1 Å². The van der Waals surface area contributed by atoms with Crippen molar-refractivity contribution in [3.05, 3.63) is 34.2 Å². The number of carbonyl (C=O) groups excluding carboxylic acids is 1. The van der Waals surface area contributed by atoms with Crippen LogP contribution in [0.2, 0.25) is 0 Å². The molecular formula is C22H23N3O2S3. The smallest absolute Gasteiger partial charge is 0.235 e. The largest absolute Gasteiger partial charge is 0.494 e. The summed E-state index contributed by atoms with van der Waals surface area (Å²) < 4.78 is 7.45. The molecule has 0 atom stereocenters. The van der Waals surface area contributed by atoms with Gasteiger partial charge in [-0.15, -0.1) is 22.7 Å². The number of carbonyl (C=O) groups is 1. The van der Waals surface area contributed by atoms with Gasteiger partial charge in [-0.1, -0.05) is 24.6 Å². The molecule has 156 valence electrons. The molecule has 1 N–H and O–H groups in total. The lowest BCUT2D eigenvalue weighted by molar-refractivity contribution is -0.113. The lowest BCUT2D eigenvalue weighted by Gasteiger charge is -2.08. The molecule has 4 rings (SSSR count). The van der Waals surface area contributed by atoms with E-state index in [0.29, 0.717) is 17.2 Å². The van der Waals surface area contributed by atoms with E-state index in [1.807, 2.05) is 25.1 Å². The zero-order valence-corrected chi connectivity index (χ0v) is 19.3. The predicted molar refractivity (Wildman–Crippen MR) is 125 cm³/mol. The van der Waals surface area contributed by atoms with Gasteiger partial charge in [-0.3, -0.25) is 4.79 Å². The molecule has 5 nitrogen and oxygen atoms in total. The van der Waals surface area contributed by atoms with Gasteiger partial charge in [0, 0.05) is 4.88 Å². The molecular weight excluding hydrogens is 434 g/mol. The highest BCUT2D eigenvalue weighted by atomic mass is 32.2. The van der Waals surface area contributed by atoms with E-state index in [1.165, 1.54) is 29.5 Å². The van der Waals surface area contributed by atoms with Gasteiger partial charge in [0.1, 0.15) is 16.8 Å². The number of rotatable bonds is 6. The third kappa shape index (κ3) is 4.80. The van der Waals surface area contributed by atoms with E-state index in [9.17, 15) is 10.1 Å². The molecule has 0 fully saturated rings. The van der Waals surface area contributed by atoms with Gasteiger partial charge in [-0.05, 0) is 56.4 Å². The molecule has 30 heavy (non-hydrogen) atoms. The Morgan fingerprint density at radius 1 is 1.27 bits per heavy atom. The second-order valence-corrected chi connectivity index (χ2v) is 10.5. The van der Waals surface area contributed by atoms with Gasteiger partial charge < -0.3 is 10.1 Å². The van der Waals surface area contributed by atoms with Crippen molar-refractivity contribution in [2.45, 2.75) is 49.8 Å². The molecule has 1 amide bonds. The lowest BCUT2D eigenvalue weighted by atomic mass is 9.97. The van der Waals surface area contributed by atoms with Gasteiger partial charge in [-0.25, -0.2) is 4.98 Å². The molecule has 0 radical (unpaired) electrons. The highest BCUT2D eigenvalue weighted by Gasteiger charge is 2.20. The number of hydrogen-bond acceptors (Lipinski definition) is 7. The van der Waals surface area contributed by atoms with Gasteiger partial charge in [-0.2, -0.15) is 5.26 Å². The molecule has 0 spiro atoms. The number of aryl methyl sites for hydroxylation is 1. The summed E-state index contributed by atoms with van der Waals surface area (Å²) in [7, 11) is 0. The van der Waals surface area contributed by atoms with E-state index in [4.69, 9.17) is 4.74 Å². The molecule has 1 aromatic carbocycles. The summed E-state index contributed by atoms with van der Waals surface area (Å²) in [5.74, 6) is 1.01. The average Bonchev–Trinajstić information content (AvgIpc) is 3.26. The number of nitrogens with one attached hydrogen (secondary N) is 1. The number of hydrogen-bond donors (Lipinski definition) is 1. The Morgan fingerprint density at radius 3 is 2.90 bits per heavy atom. The van der Waals surface area contributed by atoms with Crippen LogP contribution >= 0.6 is 34.4 Å².